The lowest BCUT2D eigenvalue weighted by Gasteiger charge is -2.38. The van der Waals surface area contributed by atoms with Gasteiger partial charge >= 0.3 is 12.1 Å². The van der Waals surface area contributed by atoms with Crippen molar-refractivity contribution in [3.05, 3.63) is 59.7 Å². The lowest BCUT2D eigenvalue weighted by Crippen LogP contribution is -2.59. The Kier molecular flexibility index (Phi) is 5.12. The summed E-state index contributed by atoms with van der Waals surface area (Å²) in [6, 6.07) is 16.1. The molecule has 0 aromatic heterocycles. The van der Waals surface area contributed by atoms with Gasteiger partial charge in [0.25, 0.3) is 0 Å². The van der Waals surface area contributed by atoms with Crippen LogP contribution in [0.25, 0.3) is 11.1 Å². The molecule has 0 bridgehead atoms. The van der Waals surface area contributed by atoms with Crippen LogP contribution in [-0.4, -0.2) is 63.9 Å². The van der Waals surface area contributed by atoms with Crippen LogP contribution in [0.3, 0.4) is 0 Å². The maximum Gasteiger partial charge on any atom is 0.408 e. The number of carbonyl (C=O) groups is 3. The van der Waals surface area contributed by atoms with E-state index in [0.29, 0.717) is 25.8 Å². The van der Waals surface area contributed by atoms with Crippen molar-refractivity contribution in [1.29, 1.82) is 0 Å². The normalized spacial score (nSPS) is 22.8. The van der Waals surface area contributed by atoms with Gasteiger partial charge in [-0.3, -0.25) is 4.79 Å². The van der Waals surface area contributed by atoms with Crippen molar-refractivity contribution in [1.82, 2.24) is 10.2 Å². The highest BCUT2D eigenvalue weighted by Gasteiger charge is 2.55. The molecule has 5 rings (SSSR count). The van der Waals surface area contributed by atoms with Gasteiger partial charge in [-0.2, -0.15) is 0 Å². The summed E-state index contributed by atoms with van der Waals surface area (Å²) >= 11 is 0. The number of nitrogens with zero attached hydrogens (tertiary/aromatic N) is 1. The molecule has 2 amide bonds. The second-order valence-electron chi connectivity index (χ2n) is 9.20. The molecular weight excluding hydrogens is 424 g/mol. The van der Waals surface area contributed by atoms with Crippen LogP contribution in [0.15, 0.2) is 48.5 Å². The molecule has 0 radical (unpaired) electrons. The monoisotopic (exact) mass is 450 g/mol. The Hall–Kier alpha value is -3.39. The maximum absolute atomic E-state index is 13.1. The first-order valence-electron chi connectivity index (χ1n) is 11.2. The summed E-state index contributed by atoms with van der Waals surface area (Å²) in [5, 5.41) is 22.3. The van der Waals surface area contributed by atoms with E-state index in [9.17, 15) is 24.6 Å². The summed E-state index contributed by atoms with van der Waals surface area (Å²) in [6.45, 7) is 0.213. The Morgan fingerprint density at radius 1 is 1.00 bits per heavy atom. The van der Waals surface area contributed by atoms with Crippen molar-refractivity contribution >= 4 is 18.0 Å². The number of hydrogen-bond acceptors (Lipinski definition) is 5. The van der Waals surface area contributed by atoms with Crippen molar-refractivity contribution in [2.24, 2.45) is 0 Å². The largest absolute Gasteiger partial charge is 0.479 e. The molecule has 2 fully saturated rings. The fourth-order valence-electron chi connectivity index (χ4n) is 5.03. The summed E-state index contributed by atoms with van der Waals surface area (Å²) in [4.78, 5) is 38.5. The molecule has 1 unspecified atom stereocenters. The van der Waals surface area contributed by atoms with Crippen molar-refractivity contribution in [2.75, 3.05) is 19.7 Å². The van der Waals surface area contributed by atoms with Gasteiger partial charge in [0.2, 0.25) is 5.91 Å². The van der Waals surface area contributed by atoms with Gasteiger partial charge in [0.1, 0.15) is 12.1 Å². The molecule has 0 spiro atoms. The van der Waals surface area contributed by atoms with Crippen LogP contribution in [-0.2, 0) is 14.3 Å². The van der Waals surface area contributed by atoms with E-state index in [4.69, 9.17) is 4.74 Å². The number of amides is 2. The first-order valence-corrected chi connectivity index (χ1v) is 11.2. The molecule has 3 aliphatic rings. The zero-order valence-electron chi connectivity index (χ0n) is 18.1. The number of fused-ring (bicyclic) bond motifs is 3. The van der Waals surface area contributed by atoms with E-state index >= 15 is 0 Å². The number of aliphatic hydroxyl groups is 1. The number of β-amino-alcohol motifs (C(OH)–C–C–N with tert-alkyl or cyclic N) is 1. The number of carboxylic acid groups (broad SMARTS) is 1. The molecule has 2 aromatic carbocycles. The van der Waals surface area contributed by atoms with E-state index in [-0.39, 0.29) is 31.4 Å². The van der Waals surface area contributed by atoms with Gasteiger partial charge in [-0.25, -0.2) is 9.59 Å². The van der Waals surface area contributed by atoms with Gasteiger partial charge in [0.05, 0.1) is 6.54 Å². The molecule has 8 heteroatoms. The molecule has 8 nitrogen and oxygen atoms in total. The third kappa shape index (κ3) is 3.74. The van der Waals surface area contributed by atoms with Crippen molar-refractivity contribution < 1.29 is 29.3 Å². The molecule has 1 atom stereocenters. The van der Waals surface area contributed by atoms with Gasteiger partial charge in [-0.05, 0) is 47.9 Å². The fourth-order valence-corrected chi connectivity index (χ4v) is 5.03. The van der Waals surface area contributed by atoms with E-state index < -0.39 is 23.2 Å². The van der Waals surface area contributed by atoms with Crippen LogP contribution in [0.4, 0.5) is 4.79 Å². The predicted octanol–water partition coefficient (Wildman–Crippen LogP) is 2.50. The average Bonchev–Trinajstić information content (AvgIpc) is 3.52. The van der Waals surface area contributed by atoms with Gasteiger partial charge < -0.3 is 25.2 Å². The molecule has 3 N–H and O–H groups in total. The van der Waals surface area contributed by atoms with Crippen LogP contribution in [0, 0.1) is 0 Å². The average molecular weight is 450 g/mol. The number of carbonyl (C=O) groups excluding carboxylic acids is 2. The SMILES string of the molecule is O=C(NC1(C(=O)N2CCCC(O)(C(=O)O)C2)CC1)OCC1c2ccccc2-c2ccccc21. The molecule has 33 heavy (non-hydrogen) atoms. The molecule has 172 valence electrons. The fraction of sp³-hybridized carbons (Fsp3) is 0.400. The smallest absolute Gasteiger partial charge is 0.408 e. The summed E-state index contributed by atoms with van der Waals surface area (Å²) in [5.74, 6) is -1.79. The number of alkyl carbamates (subject to hydrolysis) is 1. The van der Waals surface area contributed by atoms with Crippen LogP contribution in [0.1, 0.15) is 42.7 Å². The van der Waals surface area contributed by atoms with E-state index in [0.717, 1.165) is 22.3 Å². The first kappa shape index (κ1) is 21.5. The molecule has 2 aromatic rings. The Balaban J connectivity index is 1.24. The second-order valence-corrected chi connectivity index (χ2v) is 9.20. The lowest BCUT2D eigenvalue weighted by molar-refractivity contribution is -0.167. The zero-order chi connectivity index (χ0) is 23.2. The first-order chi connectivity index (χ1) is 15.8. The second kappa shape index (κ2) is 7.88. The van der Waals surface area contributed by atoms with Gasteiger partial charge in [-0.15, -0.1) is 0 Å². The van der Waals surface area contributed by atoms with Gasteiger partial charge in [0, 0.05) is 12.5 Å². The standard InChI is InChI=1S/C25H26N2O6/c28-21(27-13-5-10-25(32,15-27)22(29)30)24(11-12-24)26-23(31)33-14-20-18-8-3-1-6-16(18)17-7-2-4-9-19(17)20/h1-4,6-9,20,32H,5,10-15H2,(H,26,31)(H,29,30). The molecule has 2 aliphatic carbocycles. The quantitative estimate of drug-likeness (QED) is 0.645. The molecule has 1 saturated carbocycles. The zero-order valence-corrected chi connectivity index (χ0v) is 18.1. The van der Waals surface area contributed by atoms with Crippen LogP contribution in [0.2, 0.25) is 0 Å². The highest BCUT2D eigenvalue weighted by Crippen LogP contribution is 2.44. The lowest BCUT2D eigenvalue weighted by atomic mass is 9.92. The highest BCUT2D eigenvalue weighted by molar-refractivity contribution is 5.93. The minimum atomic E-state index is -1.95. The van der Waals surface area contributed by atoms with Crippen LogP contribution in [0.5, 0.6) is 0 Å². The van der Waals surface area contributed by atoms with E-state index in [2.05, 4.69) is 17.4 Å². The third-order valence-corrected chi connectivity index (χ3v) is 7.00. The van der Waals surface area contributed by atoms with Crippen LogP contribution >= 0.6 is 0 Å². The number of piperidine rings is 1. The summed E-state index contributed by atoms with van der Waals surface area (Å²) in [7, 11) is 0. The van der Waals surface area contributed by atoms with Gasteiger partial charge in [0.15, 0.2) is 5.60 Å². The van der Waals surface area contributed by atoms with Crippen LogP contribution < -0.4 is 5.32 Å². The third-order valence-electron chi connectivity index (χ3n) is 7.00. The minimum Gasteiger partial charge on any atom is -0.479 e. The summed E-state index contributed by atoms with van der Waals surface area (Å²) in [6.07, 6.45) is 0.720. The van der Waals surface area contributed by atoms with Crippen molar-refractivity contribution in [3.8, 4) is 11.1 Å². The van der Waals surface area contributed by atoms with Crippen molar-refractivity contribution in [3.63, 3.8) is 0 Å². The number of aliphatic carboxylic acids is 1. The van der Waals surface area contributed by atoms with E-state index in [1.165, 1.54) is 4.90 Å². The minimum absolute atomic E-state index is 0.0818. The molecule has 1 heterocycles. The van der Waals surface area contributed by atoms with E-state index in [1.54, 1.807) is 0 Å². The molecular formula is C25H26N2O6. The number of nitrogens with one attached hydrogen (secondary N) is 1. The number of benzene rings is 2. The number of rotatable bonds is 5. The van der Waals surface area contributed by atoms with Gasteiger partial charge in [-0.1, -0.05) is 48.5 Å². The summed E-state index contributed by atoms with van der Waals surface area (Å²) < 4.78 is 5.57. The number of hydrogen-bond donors (Lipinski definition) is 3. The number of carboxylic acids is 1. The number of ether oxygens (including phenoxy) is 1. The Morgan fingerprint density at radius 3 is 2.18 bits per heavy atom. The predicted molar refractivity (Wildman–Crippen MR) is 119 cm³/mol. The number of likely N-dealkylation sites (tertiary alicyclic amines) is 1. The Morgan fingerprint density at radius 2 is 1.61 bits per heavy atom. The molecule has 1 aliphatic heterocycles. The van der Waals surface area contributed by atoms with E-state index in [1.807, 2.05) is 36.4 Å². The Bertz CT molecular complexity index is 1080. The molecule has 1 saturated heterocycles. The topological polar surface area (TPSA) is 116 Å². The maximum atomic E-state index is 13.1. The summed E-state index contributed by atoms with van der Waals surface area (Å²) in [5.41, 5.74) is 1.43. The van der Waals surface area contributed by atoms with Crippen molar-refractivity contribution in [2.45, 2.75) is 42.7 Å². The highest BCUT2D eigenvalue weighted by atomic mass is 16.5. The Labute approximate surface area is 191 Å².